The van der Waals surface area contributed by atoms with Crippen LogP contribution >= 0.6 is 46.4 Å². The van der Waals surface area contributed by atoms with Crippen LogP contribution in [-0.4, -0.2) is 8.92 Å². The highest BCUT2D eigenvalue weighted by Gasteiger charge is 2.47. The molecule has 0 saturated carbocycles. The normalized spacial score (nSPS) is 17.1. The number of hydrogen-bond donors (Lipinski definition) is 0. The molecule has 0 amide bonds. The fourth-order valence-electron chi connectivity index (χ4n) is 0.916. The average molecular weight is 270 g/mol. The van der Waals surface area contributed by atoms with Gasteiger partial charge in [-0.2, -0.15) is 0 Å². The predicted octanol–water partition coefficient (Wildman–Crippen LogP) is 5.23. The summed E-state index contributed by atoms with van der Waals surface area (Å²) in [7, 11) is 0. The SMILES string of the molecule is CCCCCCC(F)(Cl)C(Cl)(Cl)Cl. The molecule has 0 aliphatic rings. The fourth-order valence-corrected chi connectivity index (χ4v) is 1.33. The smallest absolute Gasteiger partial charge is 0.222 e. The molecule has 0 aromatic carbocycles. The lowest BCUT2D eigenvalue weighted by molar-refractivity contribution is 0.256. The summed E-state index contributed by atoms with van der Waals surface area (Å²) in [6, 6.07) is 0. The zero-order valence-corrected chi connectivity index (χ0v) is 10.4. The van der Waals surface area contributed by atoms with Crippen molar-refractivity contribution in [2.24, 2.45) is 0 Å². The second-order valence-corrected chi connectivity index (χ2v) is 5.89. The average Bonchev–Trinajstić information content (AvgIpc) is 1.96. The molecule has 13 heavy (non-hydrogen) atoms. The molecule has 0 bridgehead atoms. The van der Waals surface area contributed by atoms with Crippen LogP contribution in [0.25, 0.3) is 0 Å². The molecule has 0 aromatic heterocycles. The quantitative estimate of drug-likeness (QED) is 0.474. The first-order valence-corrected chi connectivity index (χ1v) is 5.77. The van der Waals surface area contributed by atoms with Crippen molar-refractivity contribution >= 4 is 46.4 Å². The molecule has 0 N–H and O–H groups in total. The van der Waals surface area contributed by atoms with Crippen LogP contribution in [-0.2, 0) is 0 Å². The monoisotopic (exact) mass is 268 g/mol. The molecule has 0 radical (unpaired) electrons. The Balaban J connectivity index is 3.77. The summed E-state index contributed by atoms with van der Waals surface area (Å²) in [6.45, 7) is 2.07. The van der Waals surface area contributed by atoms with Crippen molar-refractivity contribution < 1.29 is 4.39 Å². The van der Waals surface area contributed by atoms with Gasteiger partial charge in [0.2, 0.25) is 8.92 Å². The highest BCUT2D eigenvalue weighted by molar-refractivity contribution is 6.70. The van der Waals surface area contributed by atoms with E-state index in [1.54, 1.807) is 0 Å². The maximum Gasteiger partial charge on any atom is 0.237 e. The van der Waals surface area contributed by atoms with Crippen LogP contribution in [0.2, 0.25) is 0 Å². The fraction of sp³-hybridized carbons (Fsp3) is 1.00. The highest BCUT2D eigenvalue weighted by atomic mass is 35.6. The van der Waals surface area contributed by atoms with Crippen LogP contribution in [0.1, 0.15) is 39.0 Å². The Morgan fingerprint density at radius 2 is 1.54 bits per heavy atom. The van der Waals surface area contributed by atoms with Crippen molar-refractivity contribution in [3.63, 3.8) is 0 Å². The van der Waals surface area contributed by atoms with Gasteiger partial charge in [0.25, 0.3) is 0 Å². The van der Waals surface area contributed by atoms with Crippen LogP contribution in [0.5, 0.6) is 0 Å². The van der Waals surface area contributed by atoms with E-state index in [0.717, 1.165) is 19.3 Å². The summed E-state index contributed by atoms with van der Waals surface area (Å²) >= 11 is 21.5. The lowest BCUT2D eigenvalue weighted by atomic mass is 10.1. The molecule has 0 aliphatic carbocycles. The van der Waals surface area contributed by atoms with E-state index in [1.165, 1.54) is 0 Å². The molecule has 0 spiro atoms. The van der Waals surface area contributed by atoms with Crippen molar-refractivity contribution in [2.75, 3.05) is 0 Å². The molecule has 5 heteroatoms. The van der Waals surface area contributed by atoms with E-state index in [0.29, 0.717) is 6.42 Å². The van der Waals surface area contributed by atoms with Gasteiger partial charge in [-0.05, 0) is 12.8 Å². The molecule has 0 aromatic rings. The van der Waals surface area contributed by atoms with Crippen LogP contribution in [0.4, 0.5) is 4.39 Å². The molecule has 0 nitrogen and oxygen atoms in total. The van der Waals surface area contributed by atoms with E-state index in [1.807, 2.05) is 0 Å². The van der Waals surface area contributed by atoms with Gasteiger partial charge in [-0.3, -0.25) is 0 Å². The maximum atomic E-state index is 13.4. The van der Waals surface area contributed by atoms with Crippen LogP contribution in [0.3, 0.4) is 0 Å². The van der Waals surface area contributed by atoms with Gasteiger partial charge in [0, 0.05) is 0 Å². The second-order valence-electron chi connectivity index (χ2n) is 3.01. The van der Waals surface area contributed by atoms with E-state index in [4.69, 9.17) is 46.4 Å². The summed E-state index contributed by atoms with van der Waals surface area (Å²) in [5.41, 5.74) is 0. The van der Waals surface area contributed by atoms with Crippen LogP contribution in [0, 0.1) is 0 Å². The molecule has 0 aliphatic heterocycles. The zero-order chi connectivity index (χ0) is 10.5. The molecule has 80 valence electrons. The molecule has 0 fully saturated rings. The van der Waals surface area contributed by atoms with E-state index >= 15 is 0 Å². The lowest BCUT2D eigenvalue weighted by Crippen LogP contribution is -2.31. The first kappa shape index (κ1) is 14.1. The predicted molar refractivity (Wildman–Crippen MR) is 58.7 cm³/mol. The summed E-state index contributed by atoms with van der Waals surface area (Å²) in [5, 5.41) is -2.24. The van der Waals surface area contributed by atoms with Crippen LogP contribution < -0.4 is 0 Å². The van der Waals surface area contributed by atoms with Crippen molar-refractivity contribution in [2.45, 2.75) is 47.9 Å². The summed E-state index contributed by atoms with van der Waals surface area (Å²) in [4.78, 5) is 0. The Hall–Kier alpha value is 1.09. The molecular formula is C8H13Cl4F. The minimum Gasteiger partial charge on any atom is -0.222 e. The minimum absolute atomic E-state index is 0.0745. The topological polar surface area (TPSA) is 0 Å². The van der Waals surface area contributed by atoms with Crippen molar-refractivity contribution in [1.82, 2.24) is 0 Å². The van der Waals surface area contributed by atoms with Gasteiger partial charge in [-0.1, -0.05) is 72.6 Å². The van der Waals surface area contributed by atoms with Crippen molar-refractivity contribution in [3.8, 4) is 0 Å². The van der Waals surface area contributed by atoms with Crippen molar-refractivity contribution in [3.05, 3.63) is 0 Å². The van der Waals surface area contributed by atoms with Gasteiger partial charge >= 0.3 is 0 Å². The molecular weight excluding hydrogens is 257 g/mol. The Morgan fingerprint density at radius 1 is 1.00 bits per heavy atom. The number of halogens is 5. The van der Waals surface area contributed by atoms with Gasteiger partial charge in [0.05, 0.1) is 0 Å². The summed E-state index contributed by atoms with van der Waals surface area (Å²) in [5.74, 6) is 0. The Labute approximate surface area is 98.7 Å². The first-order valence-electron chi connectivity index (χ1n) is 4.26. The largest absolute Gasteiger partial charge is 0.237 e. The van der Waals surface area contributed by atoms with Gasteiger partial charge in [0.1, 0.15) is 0 Å². The highest BCUT2D eigenvalue weighted by Crippen LogP contribution is 2.46. The van der Waals surface area contributed by atoms with E-state index in [-0.39, 0.29) is 6.42 Å². The number of unbranched alkanes of at least 4 members (excludes halogenated alkanes) is 3. The van der Waals surface area contributed by atoms with Gasteiger partial charge in [-0.25, -0.2) is 4.39 Å². The van der Waals surface area contributed by atoms with E-state index in [2.05, 4.69) is 6.92 Å². The summed E-state index contributed by atoms with van der Waals surface area (Å²) in [6.07, 6.45) is 3.75. The zero-order valence-electron chi connectivity index (χ0n) is 7.43. The lowest BCUT2D eigenvalue weighted by Gasteiger charge is -2.25. The third-order valence-corrected chi connectivity index (χ3v) is 3.42. The van der Waals surface area contributed by atoms with Gasteiger partial charge < -0.3 is 0 Å². The second kappa shape index (κ2) is 5.85. The third kappa shape index (κ3) is 5.51. The van der Waals surface area contributed by atoms with Gasteiger partial charge in [0.15, 0.2) is 0 Å². The molecule has 0 heterocycles. The molecule has 0 saturated heterocycles. The molecule has 1 atom stereocenters. The van der Waals surface area contributed by atoms with Crippen LogP contribution in [0.15, 0.2) is 0 Å². The first-order chi connectivity index (χ1) is 5.81. The van der Waals surface area contributed by atoms with E-state index in [9.17, 15) is 4.39 Å². The van der Waals surface area contributed by atoms with E-state index < -0.39 is 8.92 Å². The van der Waals surface area contributed by atoms with Crippen molar-refractivity contribution in [1.29, 1.82) is 0 Å². The standard InChI is InChI=1S/C8H13Cl4F/c1-2-3-4-5-6-7(9,13)8(10,11)12/h2-6H2,1H3. The number of alkyl halides is 5. The minimum atomic E-state index is -2.24. The Morgan fingerprint density at radius 3 is 1.92 bits per heavy atom. The molecule has 1 unspecified atom stereocenters. The maximum absolute atomic E-state index is 13.4. The number of hydrogen-bond acceptors (Lipinski definition) is 0. The number of rotatable bonds is 5. The Kier molecular flexibility index (Phi) is 6.34. The molecule has 0 rings (SSSR count). The van der Waals surface area contributed by atoms with Gasteiger partial charge in [-0.15, -0.1) is 0 Å². The third-order valence-electron chi connectivity index (χ3n) is 1.76. The Bertz CT molecular complexity index is 142. The summed E-state index contributed by atoms with van der Waals surface area (Å²) < 4.78 is 11.4.